The maximum Gasteiger partial charge on any atom is 0.308 e. The predicted molar refractivity (Wildman–Crippen MR) is 193 cm³/mol. The number of carbonyl (C=O) groups excluding carboxylic acids is 8. The first-order valence-electron chi connectivity index (χ1n) is 16.2. The van der Waals surface area contributed by atoms with Crippen molar-refractivity contribution in [1.29, 1.82) is 0 Å². The van der Waals surface area contributed by atoms with E-state index in [0.29, 0.717) is 0 Å². The molecule has 0 aromatic carbocycles. The number of aliphatic carboxylic acids is 1. The Kier molecular flexibility index (Phi) is 21.7. The van der Waals surface area contributed by atoms with Crippen LogP contribution in [0.2, 0.25) is 0 Å². The van der Waals surface area contributed by atoms with Crippen LogP contribution >= 0.6 is 23.2 Å². The van der Waals surface area contributed by atoms with Crippen LogP contribution in [-0.4, -0.2) is 130 Å². The molecule has 25 heteroatoms. The highest BCUT2D eigenvalue weighted by molar-refractivity contribution is 6.56. The number of carbonyl (C=O) groups is 9. The first-order valence-corrected chi connectivity index (χ1v) is 16.9. The summed E-state index contributed by atoms with van der Waals surface area (Å²) in [5.41, 5.74) is 43.5. The van der Waals surface area contributed by atoms with Crippen LogP contribution in [0, 0.1) is 0 Å². The van der Waals surface area contributed by atoms with Crippen LogP contribution in [0.3, 0.4) is 0 Å². The fourth-order valence-electron chi connectivity index (χ4n) is 4.52. The van der Waals surface area contributed by atoms with E-state index < -0.39 is 120 Å². The van der Waals surface area contributed by atoms with Gasteiger partial charge in [0.15, 0.2) is 29.8 Å². The molecule has 0 aromatic heterocycles. The Bertz CT molecular complexity index is 1460. The van der Waals surface area contributed by atoms with E-state index in [1.165, 1.54) is 0 Å². The molecule has 2 amide bonds. The van der Waals surface area contributed by atoms with Gasteiger partial charge in [0.2, 0.25) is 28.3 Å². The molecular formula is C29H48Cl2N12O11. The summed E-state index contributed by atoms with van der Waals surface area (Å²) >= 11 is 12.6. The zero-order valence-corrected chi connectivity index (χ0v) is 30.7. The van der Waals surface area contributed by atoms with Gasteiger partial charge in [0, 0.05) is 25.9 Å². The number of nitrogens with zero attached hydrogens (tertiary/aromatic N) is 2. The van der Waals surface area contributed by atoms with Gasteiger partial charge in [0.05, 0.1) is 37.3 Å². The smallest absolute Gasteiger partial charge is 0.308 e. The Labute approximate surface area is 319 Å². The summed E-state index contributed by atoms with van der Waals surface area (Å²) in [5.74, 6) is -10.6. The van der Waals surface area contributed by atoms with E-state index in [1.807, 2.05) is 0 Å². The van der Waals surface area contributed by atoms with Crippen molar-refractivity contribution in [1.82, 2.24) is 10.6 Å². The maximum absolute atomic E-state index is 13.8. The lowest BCUT2D eigenvalue weighted by Gasteiger charge is -2.31. The average Bonchev–Trinajstić information content (AvgIpc) is 3.12. The van der Waals surface area contributed by atoms with Crippen LogP contribution in [0.25, 0.3) is 0 Å². The number of carboxylic acid groups (broad SMARTS) is 1. The number of aliphatic imine (C=N–C) groups is 2. The van der Waals surface area contributed by atoms with Gasteiger partial charge in [-0.05, 0) is 38.5 Å². The largest absolute Gasteiger partial charge is 0.481 e. The fourth-order valence-corrected chi connectivity index (χ4v) is 5.15. The number of nitrogens with two attached hydrogens (primary N) is 8. The fraction of sp³-hybridized carbons (Fsp3) is 0.621. The van der Waals surface area contributed by atoms with Crippen molar-refractivity contribution >= 4 is 88.3 Å². The van der Waals surface area contributed by atoms with Crippen LogP contribution in [0.1, 0.15) is 51.4 Å². The van der Waals surface area contributed by atoms with Gasteiger partial charge in [-0.15, -0.1) is 0 Å². The van der Waals surface area contributed by atoms with E-state index in [4.69, 9.17) is 78.9 Å². The van der Waals surface area contributed by atoms with Crippen LogP contribution in [-0.2, 0) is 47.9 Å². The van der Waals surface area contributed by atoms with E-state index in [-0.39, 0.29) is 57.0 Å². The average molecular weight is 812 g/mol. The number of amides is 2. The van der Waals surface area contributed by atoms with Gasteiger partial charge in [-0.3, -0.25) is 48.3 Å². The molecule has 0 aliphatic heterocycles. The number of guanidine groups is 2. The number of nitrogens with one attached hydrogen (secondary N) is 2. The van der Waals surface area contributed by atoms with Crippen molar-refractivity contribution in [3.63, 3.8) is 0 Å². The van der Waals surface area contributed by atoms with Crippen molar-refractivity contribution < 1.29 is 53.0 Å². The Morgan fingerprint density at radius 3 is 1.52 bits per heavy atom. The standard InChI is InChI=1S/C29H48Cl2N12O11/c30-28(13-44,24(52)16(42-18(45)11-32)3-1-9-40-26(36)37)22(50)14(34)6-8-21(49)54-29(31,23(51)15(35)5-7-20(47)48)25(53)17(43-19(46)12-33)4-2-10-41-27(38)39/h13-17H,1-12,32-35H2,(H,42,45)(H,43,46)(H,47,48)(H4,36,37,40)(H4,38,39,41)/t14-,15-,16-,17-,28?,29?/m0/s1. The lowest BCUT2D eigenvalue weighted by Crippen LogP contribution is -2.59. The molecule has 54 heavy (non-hydrogen) atoms. The lowest BCUT2D eigenvalue weighted by molar-refractivity contribution is -0.166. The number of ketones is 4. The predicted octanol–water partition coefficient (Wildman–Crippen LogP) is -5.79. The molecule has 0 aliphatic rings. The molecular weight excluding hydrogens is 763 g/mol. The molecule has 2 unspecified atom stereocenters. The minimum atomic E-state index is -3.27. The Balaban J connectivity index is 6.35. The van der Waals surface area contributed by atoms with Crippen LogP contribution in [0.15, 0.2) is 9.98 Å². The highest BCUT2D eigenvalue weighted by atomic mass is 35.5. The molecule has 0 saturated carbocycles. The van der Waals surface area contributed by atoms with Crippen molar-refractivity contribution in [3.8, 4) is 0 Å². The number of rotatable bonds is 28. The molecule has 0 aromatic rings. The second-order valence-electron chi connectivity index (χ2n) is 11.6. The van der Waals surface area contributed by atoms with Gasteiger partial charge >= 0.3 is 17.0 Å². The number of carboxylic acids is 1. The van der Waals surface area contributed by atoms with Gasteiger partial charge in [-0.1, -0.05) is 23.2 Å². The molecule has 0 rings (SSSR count). The van der Waals surface area contributed by atoms with Gasteiger partial charge in [-0.2, -0.15) is 0 Å². The number of aldehydes is 1. The van der Waals surface area contributed by atoms with Crippen molar-refractivity contribution in [2.75, 3.05) is 26.2 Å². The number of esters is 1. The summed E-state index contributed by atoms with van der Waals surface area (Å²) in [7, 11) is 0. The molecule has 0 radical (unpaired) electrons. The quantitative estimate of drug-likeness (QED) is 0.00667. The molecule has 0 aliphatic carbocycles. The number of alkyl halides is 2. The number of ether oxygens (including phenoxy) is 1. The topological polar surface area (TPSA) is 440 Å². The SMILES string of the molecule is NCC(=O)N[C@@H](CCCN=C(N)N)C(=O)C(Cl)(C=O)C(=O)[C@@H](N)CCC(=O)OC(Cl)(C(=O)[C@H](CCCN=C(N)N)NC(=O)CN)C(=O)[C@@H](N)CCC(=O)O. The molecule has 0 saturated heterocycles. The molecule has 23 nitrogen and oxygen atoms in total. The summed E-state index contributed by atoms with van der Waals surface area (Å²) in [5, 5.41) is 10.2. The van der Waals surface area contributed by atoms with E-state index in [2.05, 4.69) is 20.6 Å². The second-order valence-corrected chi connectivity index (χ2v) is 12.7. The molecule has 0 heterocycles. The number of hydrogen-bond acceptors (Lipinski definition) is 16. The Hall–Kier alpha value is -4.81. The number of halogens is 2. The monoisotopic (exact) mass is 810 g/mol. The Morgan fingerprint density at radius 1 is 0.685 bits per heavy atom. The van der Waals surface area contributed by atoms with Crippen LogP contribution in [0.4, 0.5) is 0 Å². The first kappa shape index (κ1) is 49.2. The summed E-state index contributed by atoms with van der Waals surface area (Å²) < 4.78 is 5.11. The highest BCUT2D eigenvalue weighted by Gasteiger charge is 2.53. The third kappa shape index (κ3) is 16.1. The molecule has 6 atom stereocenters. The van der Waals surface area contributed by atoms with Crippen LogP contribution < -0.4 is 56.5 Å². The van der Waals surface area contributed by atoms with E-state index in [9.17, 15) is 43.2 Å². The zero-order valence-electron chi connectivity index (χ0n) is 29.2. The Morgan fingerprint density at radius 2 is 1.11 bits per heavy atom. The van der Waals surface area contributed by atoms with Crippen molar-refractivity contribution in [2.45, 2.75) is 85.5 Å². The normalized spacial score (nSPS) is 15.3. The summed E-state index contributed by atoms with van der Waals surface area (Å²) in [6.07, 6.45) is -3.44. The van der Waals surface area contributed by atoms with Crippen molar-refractivity contribution in [2.24, 2.45) is 55.9 Å². The third-order valence-corrected chi connectivity index (χ3v) is 8.25. The van der Waals surface area contributed by atoms with Gasteiger partial charge in [0.1, 0.15) is 0 Å². The highest BCUT2D eigenvalue weighted by Crippen LogP contribution is 2.28. The van der Waals surface area contributed by atoms with E-state index >= 15 is 0 Å². The molecule has 0 spiro atoms. The number of hydrogen-bond donors (Lipinski definition) is 11. The van der Waals surface area contributed by atoms with Gasteiger partial charge < -0.3 is 71.1 Å². The molecule has 0 bridgehead atoms. The van der Waals surface area contributed by atoms with Crippen molar-refractivity contribution in [3.05, 3.63) is 0 Å². The third-order valence-electron chi connectivity index (χ3n) is 7.33. The van der Waals surface area contributed by atoms with E-state index in [0.717, 1.165) is 0 Å². The van der Waals surface area contributed by atoms with Crippen LogP contribution in [0.5, 0.6) is 0 Å². The lowest BCUT2D eigenvalue weighted by atomic mass is 9.87. The number of Topliss-reactive ketones (excluding diaryl/α,β-unsaturated/α-hetero) is 4. The summed E-state index contributed by atoms with van der Waals surface area (Å²) in [6.45, 7) is -1.25. The summed E-state index contributed by atoms with van der Waals surface area (Å²) in [6, 6.07) is -6.82. The molecule has 304 valence electrons. The zero-order chi connectivity index (χ0) is 41.8. The minimum absolute atomic E-state index is 0.00775. The first-order chi connectivity index (χ1) is 25.1. The summed E-state index contributed by atoms with van der Waals surface area (Å²) in [4.78, 5) is 119. The van der Waals surface area contributed by atoms with Gasteiger partial charge in [0.25, 0.3) is 0 Å². The van der Waals surface area contributed by atoms with Gasteiger partial charge in [-0.25, -0.2) is 0 Å². The maximum atomic E-state index is 13.8. The second kappa shape index (κ2) is 23.8. The minimum Gasteiger partial charge on any atom is -0.481 e. The molecule has 0 fully saturated rings. The molecule has 19 N–H and O–H groups in total. The van der Waals surface area contributed by atoms with E-state index in [1.54, 1.807) is 0 Å².